The van der Waals surface area contributed by atoms with Crippen molar-refractivity contribution < 1.29 is 14.5 Å². The van der Waals surface area contributed by atoms with Crippen molar-refractivity contribution in [1.29, 1.82) is 5.41 Å². The van der Waals surface area contributed by atoms with Gasteiger partial charge in [0.1, 0.15) is 6.54 Å². The summed E-state index contributed by atoms with van der Waals surface area (Å²) in [7, 11) is 0. The monoisotopic (exact) mass is 295 g/mol. The first-order valence-corrected chi connectivity index (χ1v) is 6.24. The molecule has 0 spiro atoms. The van der Waals surface area contributed by atoms with Crippen LogP contribution in [0.1, 0.15) is 6.92 Å². The number of hydrogen-bond acceptors (Lipinski definition) is 7. The normalized spacial score (nSPS) is 10.4. The quantitative estimate of drug-likeness (QED) is 0.303. The van der Waals surface area contributed by atoms with Crippen molar-refractivity contribution in [3.05, 3.63) is 38.0 Å². The van der Waals surface area contributed by atoms with Crippen LogP contribution in [-0.4, -0.2) is 21.4 Å². The number of ether oxygens (including phenoxy) is 1. The minimum atomic E-state index is -0.641. The SMILES string of the molecule is CC(=O)OC(=N)Cn1c(=O)sc2cc([N+](=O)[O-])ccc21. The van der Waals surface area contributed by atoms with E-state index in [1.54, 1.807) is 0 Å². The number of aromatic nitrogens is 1. The number of non-ortho nitro benzene ring substituents is 1. The second-order valence-corrected chi connectivity index (χ2v) is 4.87. The van der Waals surface area contributed by atoms with E-state index in [0.29, 0.717) is 10.2 Å². The number of esters is 1. The summed E-state index contributed by atoms with van der Waals surface area (Å²) in [6.07, 6.45) is 0. The number of nitro benzene ring substituents is 1. The molecule has 1 aromatic heterocycles. The predicted molar refractivity (Wildman–Crippen MR) is 72.2 cm³/mol. The Hall–Kier alpha value is -2.55. The Morgan fingerprint density at radius 2 is 2.25 bits per heavy atom. The average molecular weight is 295 g/mol. The van der Waals surface area contributed by atoms with Crippen LogP contribution in [0.25, 0.3) is 10.2 Å². The Kier molecular flexibility index (Phi) is 3.61. The lowest BCUT2D eigenvalue weighted by atomic mass is 10.3. The molecule has 0 aliphatic rings. The lowest BCUT2D eigenvalue weighted by Crippen LogP contribution is -2.21. The fraction of sp³-hybridized carbons (Fsp3) is 0.182. The summed E-state index contributed by atoms with van der Waals surface area (Å²) in [6, 6.07) is 4.01. The molecule has 2 aromatic rings. The molecule has 0 aliphatic carbocycles. The van der Waals surface area contributed by atoms with E-state index in [4.69, 9.17) is 5.41 Å². The standard InChI is InChI=1S/C11H9N3O5S/c1-6(15)19-10(12)5-13-8-3-2-7(14(17)18)4-9(8)20-11(13)16/h2-4,12H,5H2,1H3. The lowest BCUT2D eigenvalue weighted by molar-refractivity contribution is -0.384. The molecule has 0 atom stereocenters. The second-order valence-electron chi connectivity index (χ2n) is 3.88. The van der Waals surface area contributed by atoms with Gasteiger partial charge in [-0.05, 0) is 6.07 Å². The van der Waals surface area contributed by atoms with E-state index >= 15 is 0 Å². The molecule has 8 nitrogen and oxygen atoms in total. The van der Waals surface area contributed by atoms with Crippen molar-refractivity contribution in [3.8, 4) is 0 Å². The third-order valence-electron chi connectivity index (χ3n) is 2.43. The van der Waals surface area contributed by atoms with Crippen molar-refractivity contribution in [2.24, 2.45) is 0 Å². The van der Waals surface area contributed by atoms with Crippen LogP contribution in [0.15, 0.2) is 23.0 Å². The second kappa shape index (κ2) is 5.21. The maximum atomic E-state index is 11.8. The smallest absolute Gasteiger partial charge is 0.309 e. The highest BCUT2D eigenvalue weighted by Crippen LogP contribution is 2.23. The first kappa shape index (κ1) is 13.9. The van der Waals surface area contributed by atoms with E-state index < -0.39 is 10.9 Å². The number of nitro groups is 1. The van der Waals surface area contributed by atoms with Gasteiger partial charge in [-0.2, -0.15) is 0 Å². The minimum Gasteiger partial charge on any atom is -0.410 e. The maximum absolute atomic E-state index is 11.8. The van der Waals surface area contributed by atoms with Gasteiger partial charge in [-0.1, -0.05) is 11.3 Å². The molecule has 9 heteroatoms. The number of benzene rings is 1. The zero-order valence-corrected chi connectivity index (χ0v) is 11.1. The minimum absolute atomic E-state index is 0.110. The van der Waals surface area contributed by atoms with Crippen molar-refractivity contribution in [2.75, 3.05) is 0 Å². The summed E-state index contributed by atoms with van der Waals surface area (Å²) in [4.78, 5) is 32.3. The van der Waals surface area contributed by atoms with Crippen molar-refractivity contribution >= 4 is 39.1 Å². The molecule has 20 heavy (non-hydrogen) atoms. The molecule has 0 bridgehead atoms. The van der Waals surface area contributed by atoms with Gasteiger partial charge in [0.2, 0.25) is 5.90 Å². The zero-order valence-electron chi connectivity index (χ0n) is 10.3. The van der Waals surface area contributed by atoms with Gasteiger partial charge in [0.25, 0.3) is 5.69 Å². The molecule has 0 radical (unpaired) electrons. The van der Waals surface area contributed by atoms with Gasteiger partial charge in [-0.25, -0.2) is 0 Å². The van der Waals surface area contributed by atoms with Gasteiger partial charge in [0, 0.05) is 19.1 Å². The fourth-order valence-electron chi connectivity index (χ4n) is 1.67. The highest BCUT2D eigenvalue weighted by atomic mass is 32.1. The average Bonchev–Trinajstić information content (AvgIpc) is 2.64. The molecular formula is C11H9N3O5S. The van der Waals surface area contributed by atoms with Crippen LogP contribution in [0.5, 0.6) is 0 Å². The molecule has 1 aromatic carbocycles. The van der Waals surface area contributed by atoms with Crippen molar-refractivity contribution in [3.63, 3.8) is 0 Å². The number of carbonyl (C=O) groups excluding carboxylic acids is 1. The number of hydrogen-bond donors (Lipinski definition) is 1. The van der Waals surface area contributed by atoms with Crippen LogP contribution < -0.4 is 4.87 Å². The number of rotatable bonds is 3. The number of nitrogens with one attached hydrogen (secondary N) is 1. The maximum Gasteiger partial charge on any atom is 0.309 e. The molecular weight excluding hydrogens is 286 g/mol. The van der Waals surface area contributed by atoms with Crippen molar-refractivity contribution in [1.82, 2.24) is 4.57 Å². The van der Waals surface area contributed by atoms with Gasteiger partial charge in [0.15, 0.2) is 0 Å². The Balaban J connectivity index is 2.42. The van der Waals surface area contributed by atoms with Crippen LogP contribution in [0.4, 0.5) is 5.69 Å². The molecule has 0 saturated carbocycles. The molecule has 0 unspecified atom stereocenters. The van der Waals surface area contributed by atoms with Crippen LogP contribution in [0, 0.1) is 15.5 Å². The molecule has 0 fully saturated rings. The molecule has 0 aliphatic heterocycles. The van der Waals surface area contributed by atoms with Crippen LogP contribution in [-0.2, 0) is 16.1 Å². The van der Waals surface area contributed by atoms with E-state index in [9.17, 15) is 19.7 Å². The Bertz CT molecular complexity index is 776. The Labute approximate surface area is 115 Å². The predicted octanol–water partition coefficient (Wildman–Crippen LogP) is 1.51. The van der Waals surface area contributed by atoms with Crippen LogP contribution in [0.2, 0.25) is 0 Å². The first-order chi connectivity index (χ1) is 9.38. The highest BCUT2D eigenvalue weighted by Gasteiger charge is 2.14. The van der Waals surface area contributed by atoms with Gasteiger partial charge in [-0.3, -0.25) is 29.7 Å². The highest BCUT2D eigenvalue weighted by molar-refractivity contribution is 7.16. The number of carbonyl (C=O) groups is 1. The van der Waals surface area contributed by atoms with E-state index in [2.05, 4.69) is 4.74 Å². The number of fused-ring (bicyclic) bond motifs is 1. The molecule has 0 saturated heterocycles. The van der Waals surface area contributed by atoms with Crippen LogP contribution in [0.3, 0.4) is 0 Å². The third-order valence-corrected chi connectivity index (χ3v) is 3.37. The van der Waals surface area contributed by atoms with E-state index in [1.165, 1.54) is 22.8 Å². The first-order valence-electron chi connectivity index (χ1n) is 5.42. The Morgan fingerprint density at radius 3 is 2.85 bits per heavy atom. The molecule has 0 amide bonds. The number of thiazole rings is 1. The summed E-state index contributed by atoms with van der Waals surface area (Å²) in [5.74, 6) is -1.00. The summed E-state index contributed by atoms with van der Waals surface area (Å²) in [5.41, 5.74) is 0.350. The largest absolute Gasteiger partial charge is 0.410 e. The lowest BCUT2D eigenvalue weighted by Gasteiger charge is -2.04. The fourth-order valence-corrected chi connectivity index (χ4v) is 2.59. The summed E-state index contributed by atoms with van der Waals surface area (Å²) >= 11 is 0.837. The summed E-state index contributed by atoms with van der Waals surface area (Å²) in [5, 5.41) is 18.1. The third kappa shape index (κ3) is 2.72. The van der Waals surface area contributed by atoms with Gasteiger partial charge >= 0.3 is 10.8 Å². The molecule has 1 heterocycles. The zero-order chi connectivity index (χ0) is 14.9. The van der Waals surface area contributed by atoms with Gasteiger partial charge in [0.05, 0.1) is 15.1 Å². The van der Waals surface area contributed by atoms with E-state index in [0.717, 1.165) is 18.3 Å². The van der Waals surface area contributed by atoms with Crippen LogP contribution >= 0.6 is 11.3 Å². The van der Waals surface area contributed by atoms with E-state index in [-0.39, 0.29) is 23.0 Å². The topological polar surface area (TPSA) is 115 Å². The van der Waals surface area contributed by atoms with Gasteiger partial charge < -0.3 is 4.74 Å². The molecule has 1 N–H and O–H groups in total. The molecule has 104 valence electrons. The summed E-state index contributed by atoms with van der Waals surface area (Å²) < 4.78 is 6.25. The summed E-state index contributed by atoms with van der Waals surface area (Å²) in [6.45, 7) is 0.961. The van der Waals surface area contributed by atoms with Gasteiger partial charge in [-0.15, -0.1) is 0 Å². The number of nitrogens with zero attached hydrogens (tertiary/aromatic N) is 2. The molecule has 2 rings (SSSR count). The van der Waals surface area contributed by atoms with E-state index in [1.807, 2.05) is 0 Å². The Morgan fingerprint density at radius 1 is 1.55 bits per heavy atom. The van der Waals surface area contributed by atoms with Crippen molar-refractivity contribution in [2.45, 2.75) is 13.5 Å².